The third-order valence-corrected chi connectivity index (χ3v) is 4.31. The van der Waals surface area contributed by atoms with Crippen molar-refractivity contribution in [1.82, 2.24) is 0 Å². The number of alkyl halides is 3. The van der Waals surface area contributed by atoms with Gasteiger partial charge in [0.15, 0.2) is 11.6 Å². The highest BCUT2D eigenvalue weighted by molar-refractivity contribution is 5.37. The Hall–Kier alpha value is -1.56. The van der Waals surface area contributed by atoms with Crippen LogP contribution >= 0.6 is 0 Å². The number of allylic oxidation sites excluding steroid dienone is 1. The van der Waals surface area contributed by atoms with Crippen LogP contribution in [0.15, 0.2) is 29.3 Å². The summed E-state index contributed by atoms with van der Waals surface area (Å²) in [5, 5.41) is 10.6. The predicted octanol–water partition coefficient (Wildman–Crippen LogP) is 5.28. The van der Waals surface area contributed by atoms with Gasteiger partial charge in [0.1, 0.15) is 6.10 Å². The van der Waals surface area contributed by atoms with Crippen molar-refractivity contribution < 1.29 is 27.4 Å². The van der Waals surface area contributed by atoms with Crippen LogP contribution < -0.4 is 4.74 Å². The first-order valence-electron chi connectivity index (χ1n) is 7.44. The highest BCUT2D eigenvalue weighted by atomic mass is 19.4. The van der Waals surface area contributed by atoms with Crippen LogP contribution in [0.5, 0.6) is 5.75 Å². The number of aliphatic hydroxyl groups excluding tert-OH is 1. The molecule has 0 saturated carbocycles. The van der Waals surface area contributed by atoms with Crippen molar-refractivity contribution in [3.8, 4) is 5.75 Å². The number of benzene rings is 1. The molecule has 0 heterocycles. The number of hydrogen-bond donors (Lipinski definition) is 1. The SMILES string of the molecule is CC1=C(C(O)c2ccc(OC(F)(F)F)c(F)c2)C(C)(C)CCC1. The van der Waals surface area contributed by atoms with Crippen LogP contribution in [0.1, 0.15) is 51.7 Å². The Bertz CT molecular complexity index is 618. The molecule has 1 N–H and O–H groups in total. The minimum atomic E-state index is -4.95. The minimum absolute atomic E-state index is 0.223. The van der Waals surface area contributed by atoms with E-state index < -0.39 is 24.0 Å². The highest BCUT2D eigenvalue weighted by Crippen LogP contribution is 2.46. The summed E-state index contributed by atoms with van der Waals surface area (Å²) in [5.41, 5.74) is 1.85. The number of aliphatic hydroxyl groups is 1. The lowest BCUT2D eigenvalue weighted by Crippen LogP contribution is -2.25. The molecule has 0 aromatic heterocycles. The summed E-state index contributed by atoms with van der Waals surface area (Å²) in [5.74, 6) is -2.05. The molecule has 0 aliphatic heterocycles. The van der Waals surface area contributed by atoms with Gasteiger partial charge in [0.05, 0.1) is 0 Å². The van der Waals surface area contributed by atoms with E-state index in [0.29, 0.717) is 0 Å². The van der Waals surface area contributed by atoms with E-state index in [-0.39, 0.29) is 11.0 Å². The average Bonchev–Trinajstić information content (AvgIpc) is 2.38. The Morgan fingerprint density at radius 3 is 2.43 bits per heavy atom. The van der Waals surface area contributed by atoms with E-state index in [1.54, 1.807) is 0 Å². The molecule has 2 nitrogen and oxygen atoms in total. The van der Waals surface area contributed by atoms with Gasteiger partial charge in [-0.15, -0.1) is 13.2 Å². The Labute approximate surface area is 132 Å². The summed E-state index contributed by atoms with van der Waals surface area (Å²) in [6.45, 7) is 5.94. The van der Waals surface area contributed by atoms with Crippen LogP contribution in [0.4, 0.5) is 17.6 Å². The Morgan fingerprint density at radius 1 is 1.26 bits per heavy atom. The fraction of sp³-hybridized carbons (Fsp3) is 0.529. The minimum Gasteiger partial charge on any atom is -0.403 e. The standard InChI is InChI=1S/C17H20F4O2/c1-10-5-4-8-16(2,3)14(10)15(22)11-6-7-13(12(18)9-11)23-17(19,20)21/h6-7,9,15,22H,4-5,8H2,1-3H3. The van der Waals surface area contributed by atoms with Gasteiger partial charge in [0.2, 0.25) is 0 Å². The van der Waals surface area contributed by atoms with Gasteiger partial charge in [0, 0.05) is 0 Å². The maximum Gasteiger partial charge on any atom is 0.573 e. The van der Waals surface area contributed by atoms with Crippen LogP contribution in [0, 0.1) is 11.2 Å². The molecular weight excluding hydrogens is 312 g/mol. The van der Waals surface area contributed by atoms with E-state index in [0.717, 1.165) is 42.5 Å². The largest absolute Gasteiger partial charge is 0.573 e. The normalized spacial score (nSPS) is 19.7. The molecule has 0 amide bonds. The molecule has 0 saturated heterocycles. The third-order valence-electron chi connectivity index (χ3n) is 4.31. The van der Waals surface area contributed by atoms with Gasteiger partial charge < -0.3 is 9.84 Å². The molecule has 1 aromatic rings. The van der Waals surface area contributed by atoms with E-state index >= 15 is 0 Å². The molecule has 1 aromatic carbocycles. The van der Waals surface area contributed by atoms with Crippen molar-refractivity contribution in [1.29, 1.82) is 0 Å². The number of hydrogen-bond acceptors (Lipinski definition) is 2. The summed E-state index contributed by atoms with van der Waals surface area (Å²) in [7, 11) is 0. The molecular formula is C17H20F4O2. The van der Waals surface area contributed by atoms with Crippen molar-refractivity contribution in [3.63, 3.8) is 0 Å². The van der Waals surface area contributed by atoms with Crippen LogP contribution in [-0.4, -0.2) is 11.5 Å². The van der Waals surface area contributed by atoms with Gasteiger partial charge in [-0.25, -0.2) is 4.39 Å². The van der Waals surface area contributed by atoms with E-state index in [2.05, 4.69) is 4.74 Å². The Kier molecular flexibility index (Phi) is 4.76. The molecule has 0 bridgehead atoms. The summed E-state index contributed by atoms with van der Waals surface area (Å²) < 4.78 is 54.0. The first-order valence-corrected chi connectivity index (χ1v) is 7.44. The van der Waals surface area contributed by atoms with Crippen LogP contribution in [-0.2, 0) is 0 Å². The average molecular weight is 332 g/mol. The first kappa shape index (κ1) is 17.8. The second kappa shape index (κ2) is 6.15. The monoisotopic (exact) mass is 332 g/mol. The van der Waals surface area contributed by atoms with Gasteiger partial charge in [-0.1, -0.05) is 25.5 Å². The molecule has 2 rings (SSSR count). The third kappa shape index (κ3) is 4.05. The summed E-state index contributed by atoms with van der Waals surface area (Å²) in [6.07, 6.45) is -3.23. The maximum atomic E-state index is 13.8. The Morgan fingerprint density at radius 2 is 1.91 bits per heavy atom. The fourth-order valence-electron chi connectivity index (χ4n) is 3.31. The van der Waals surface area contributed by atoms with Gasteiger partial charge in [0.25, 0.3) is 0 Å². The second-order valence-electron chi connectivity index (χ2n) is 6.57. The number of halogens is 4. The smallest absolute Gasteiger partial charge is 0.403 e. The van der Waals surface area contributed by atoms with E-state index in [1.165, 1.54) is 6.07 Å². The lowest BCUT2D eigenvalue weighted by Gasteiger charge is -2.37. The molecule has 1 unspecified atom stereocenters. The van der Waals surface area contributed by atoms with Gasteiger partial charge in [-0.05, 0) is 54.9 Å². The topological polar surface area (TPSA) is 29.5 Å². The first-order chi connectivity index (χ1) is 10.5. The zero-order valence-corrected chi connectivity index (χ0v) is 13.3. The van der Waals surface area contributed by atoms with E-state index in [9.17, 15) is 22.7 Å². The van der Waals surface area contributed by atoms with Crippen molar-refractivity contribution in [3.05, 3.63) is 40.7 Å². The van der Waals surface area contributed by atoms with Crippen molar-refractivity contribution in [2.24, 2.45) is 5.41 Å². The summed E-state index contributed by atoms with van der Waals surface area (Å²) >= 11 is 0. The van der Waals surface area contributed by atoms with Crippen LogP contribution in [0.25, 0.3) is 0 Å². The van der Waals surface area contributed by atoms with Gasteiger partial charge >= 0.3 is 6.36 Å². The zero-order chi connectivity index (χ0) is 17.4. The Balaban J connectivity index is 2.33. The molecule has 0 fully saturated rings. The number of rotatable bonds is 3. The van der Waals surface area contributed by atoms with Crippen LogP contribution in [0.2, 0.25) is 0 Å². The lowest BCUT2D eigenvalue weighted by molar-refractivity contribution is -0.275. The summed E-state index contributed by atoms with van der Waals surface area (Å²) in [6, 6.07) is 3.06. The van der Waals surface area contributed by atoms with Crippen molar-refractivity contribution in [2.45, 2.75) is 52.5 Å². The summed E-state index contributed by atoms with van der Waals surface area (Å²) in [4.78, 5) is 0. The molecule has 6 heteroatoms. The van der Waals surface area contributed by atoms with Crippen molar-refractivity contribution in [2.75, 3.05) is 0 Å². The molecule has 1 atom stereocenters. The molecule has 23 heavy (non-hydrogen) atoms. The lowest BCUT2D eigenvalue weighted by atomic mass is 9.69. The fourth-order valence-corrected chi connectivity index (χ4v) is 3.31. The highest BCUT2D eigenvalue weighted by Gasteiger charge is 2.35. The molecule has 1 aliphatic carbocycles. The molecule has 128 valence electrons. The molecule has 0 radical (unpaired) electrons. The van der Waals surface area contributed by atoms with Gasteiger partial charge in [-0.2, -0.15) is 0 Å². The van der Waals surface area contributed by atoms with E-state index in [4.69, 9.17) is 0 Å². The van der Waals surface area contributed by atoms with Gasteiger partial charge in [-0.3, -0.25) is 0 Å². The number of ether oxygens (including phenoxy) is 1. The quantitative estimate of drug-likeness (QED) is 0.602. The van der Waals surface area contributed by atoms with Crippen LogP contribution in [0.3, 0.4) is 0 Å². The van der Waals surface area contributed by atoms with E-state index in [1.807, 2.05) is 20.8 Å². The van der Waals surface area contributed by atoms with Crippen molar-refractivity contribution >= 4 is 0 Å². The predicted molar refractivity (Wildman–Crippen MR) is 78.4 cm³/mol. The molecule has 0 spiro atoms. The molecule has 1 aliphatic rings. The zero-order valence-electron chi connectivity index (χ0n) is 13.3. The second-order valence-corrected chi connectivity index (χ2v) is 6.57. The maximum absolute atomic E-state index is 13.8.